The summed E-state index contributed by atoms with van der Waals surface area (Å²) in [6.45, 7) is 1.14. The number of benzene rings is 1. The number of hydrogen-bond donors (Lipinski definition) is 0. The first-order chi connectivity index (χ1) is 7.34. The van der Waals surface area contributed by atoms with Crippen molar-refractivity contribution in [3.8, 4) is 0 Å². The van der Waals surface area contributed by atoms with Gasteiger partial charge < -0.3 is 9.47 Å². The predicted octanol–water partition coefficient (Wildman–Crippen LogP) is 2.04. The van der Waals surface area contributed by atoms with Crippen molar-refractivity contribution in [2.75, 3.05) is 0 Å². The largest absolute Gasteiger partial charge is 0.459 e. The van der Waals surface area contributed by atoms with E-state index < -0.39 is 0 Å². The van der Waals surface area contributed by atoms with Gasteiger partial charge in [-0.25, -0.2) is 4.79 Å². The molecule has 0 spiro atoms. The van der Waals surface area contributed by atoms with Crippen LogP contribution in [0.15, 0.2) is 18.2 Å². The number of rotatable bonds is 2. The summed E-state index contributed by atoms with van der Waals surface area (Å²) in [6, 6.07) is 5.70. The molecule has 0 unspecified atom stereocenters. The molecular weight excluding hydrogens is 192 g/mol. The molecule has 0 N–H and O–H groups in total. The Morgan fingerprint density at radius 3 is 3.00 bits per heavy atom. The molecule has 0 saturated heterocycles. The molecule has 3 heteroatoms. The van der Waals surface area contributed by atoms with E-state index in [4.69, 9.17) is 9.47 Å². The molecule has 0 atom stereocenters. The van der Waals surface area contributed by atoms with E-state index in [1.54, 1.807) is 0 Å². The minimum atomic E-state index is -0.195. The van der Waals surface area contributed by atoms with Crippen LogP contribution in [0.1, 0.15) is 34.3 Å². The Hall–Kier alpha value is -1.35. The zero-order chi connectivity index (χ0) is 10.3. The first-order valence-corrected chi connectivity index (χ1v) is 5.24. The van der Waals surface area contributed by atoms with E-state index in [1.807, 2.05) is 18.2 Å². The van der Waals surface area contributed by atoms with Crippen LogP contribution >= 0.6 is 0 Å². The van der Waals surface area contributed by atoms with Crippen molar-refractivity contribution in [2.24, 2.45) is 0 Å². The molecule has 0 bridgehead atoms. The first kappa shape index (κ1) is 8.92. The highest BCUT2D eigenvalue weighted by molar-refractivity contribution is 5.91. The van der Waals surface area contributed by atoms with Gasteiger partial charge >= 0.3 is 5.97 Å². The highest BCUT2D eigenvalue weighted by Gasteiger charge is 2.28. The molecule has 0 amide bonds. The van der Waals surface area contributed by atoms with Gasteiger partial charge in [0.25, 0.3) is 0 Å². The summed E-state index contributed by atoms with van der Waals surface area (Å²) in [4.78, 5) is 11.8. The summed E-state index contributed by atoms with van der Waals surface area (Å²) in [6.07, 6.45) is 2.19. The topological polar surface area (TPSA) is 35.5 Å². The SMILES string of the molecule is O=C(OC1CC1)c1cccc2c1COC2. The summed E-state index contributed by atoms with van der Waals surface area (Å²) >= 11 is 0. The summed E-state index contributed by atoms with van der Waals surface area (Å²) in [5.74, 6) is -0.195. The molecular formula is C12H12O3. The number of fused-ring (bicyclic) bond motifs is 1. The van der Waals surface area contributed by atoms with Crippen LogP contribution in [0.25, 0.3) is 0 Å². The van der Waals surface area contributed by atoms with Crippen LogP contribution in [0.4, 0.5) is 0 Å². The lowest BCUT2D eigenvalue weighted by atomic mass is 10.0. The second-order valence-corrected chi connectivity index (χ2v) is 4.04. The van der Waals surface area contributed by atoms with Crippen LogP contribution in [-0.4, -0.2) is 12.1 Å². The van der Waals surface area contributed by atoms with E-state index in [-0.39, 0.29) is 12.1 Å². The maximum absolute atomic E-state index is 11.8. The molecule has 0 radical (unpaired) electrons. The monoisotopic (exact) mass is 204 g/mol. The van der Waals surface area contributed by atoms with Crippen molar-refractivity contribution in [1.82, 2.24) is 0 Å². The van der Waals surface area contributed by atoms with Crippen LogP contribution in [0.3, 0.4) is 0 Å². The van der Waals surface area contributed by atoms with Gasteiger partial charge in [-0.3, -0.25) is 0 Å². The van der Waals surface area contributed by atoms with Gasteiger partial charge in [-0.05, 0) is 30.0 Å². The van der Waals surface area contributed by atoms with Crippen LogP contribution in [-0.2, 0) is 22.7 Å². The molecule has 78 valence electrons. The van der Waals surface area contributed by atoms with E-state index in [0.29, 0.717) is 18.8 Å². The first-order valence-electron chi connectivity index (χ1n) is 5.24. The molecule has 1 aliphatic carbocycles. The van der Waals surface area contributed by atoms with Crippen molar-refractivity contribution >= 4 is 5.97 Å². The average Bonchev–Trinajstić information content (AvgIpc) is 2.93. The Labute approximate surface area is 88.0 Å². The zero-order valence-electron chi connectivity index (χ0n) is 8.36. The summed E-state index contributed by atoms with van der Waals surface area (Å²) in [5, 5.41) is 0. The maximum Gasteiger partial charge on any atom is 0.338 e. The standard InChI is InChI=1S/C12H12O3/c13-12(15-9-4-5-9)10-3-1-2-8-6-14-7-11(8)10/h1-3,9H,4-7H2. The molecule has 1 saturated carbocycles. The Balaban J connectivity index is 1.90. The van der Waals surface area contributed by atoms with Gasteiger partial charge in [0.15, 0.2) is 0 Å². The van der Waals surface area contributed by atoms with E-state index in [0.717, 1.165) is 24.0 Å². The lowest BCUT2D eigenvalue weighted by Gasteiger charge is -2.06. The second kappa shape index (κ2) is 3.35. The highest BCUT2D eigenvalue weighted by Crippen LogP contribution is 2.28. The molecule has 1 fully saturated rings. The predicted molar refractivity (Wildman–Crippen MR) is 53.4 cm³/mol. The molecule has 15 heavy (non-hydrogen) atoms. The van der Waals surface area contributed by atoms with Gasteiger partial charge in [-0.2, -0.15) is 0 Å². The average molecular weight is 204 g/mol. The molecule has 1 heterocycles. The molecule has 2 aliphatic rings. The Morgan fingerprint density at radius 2 is 2.20 bits per heavy atom. The van der Waals surface area contributed by atoms with Gasteiger partial charge in [-0.1, -0.05) is 12.1 Å². The third-order valence-electron chi connectivity index (χ3n) is 2.79. The van der Waals surface area contributed by atoms with Gasteiger partial charge in [0, 0.05) is 0 Å². The number of hydrogen-bond acceptors (Lipinski definition) is 3. The van der Waals surface area contributed by atoms with E-state index >= 15 is 0 Å². The fourth-order valence-electron chi connectivity index (χ4n) is 1.80. The number of carbonyl (C=O) groups is 1. The van der Waals surface area contributed by atoms with Gasteiger partial charge in [0.1, 0.15) is 6.10 Å². The second-order valence-electron chi connectivity index (χ2n) is 4.04. The fourth-order valence-corrected chi connectivity index (χ4v) is 1.80. The summed E-state index contributed by atoms with van der Waals surface area (Å²) < 4.78 is 10.6. The third kappa shape index (κ3) is 1.63. The molecule has 3 rings (SSSR count). The van der Waals surface area contributed by atoms with Crippen molar-refractivity contribution in [1.29, 1.82) is 0 Å². The number of esters is 1. The molecule has 0 aromatic heterocycles. The number of ether oxygens (including phenoxy) is 2. The molecule has 1 aromatic carbocycles. The Bertz CT molecular complexity index is 407. The normalized spacial score (nSPS) is 18.7. The van der Waals surface area contributed by atoms with Crippen molar-refractivity contribution in [2.45, 2.75) is 32.2 Å². The van der Waals surface area contributed by atoms with Gasteiger partial charge in [0.2, 0.25) is 0 Å². The number of carbonyl (C=O) groups excluding carboxylic acids is 1. The van der Waals surface area contributed by atoms with E-state index in [2.05, 4.69) is 0 Å². The highest BCUT2D eigenvalue weighted by atomic mass is 16.5. The van der Waals surface area contributed by atoms with Crippen molar-refractivity contribution in [3.05, 3.63) is 34.9 Å². The van der Waals surface area contributed by atoms with Crippen LogP contribution in [0.2, 0.25) is 0 Å². The maximum atomic E-state index is 11.8. The minimum Gasteiger partial charge on any atom is -0.459 e. The van der Waals surface area contributed by atoms with Crippen LogP contribution in [0, 0.1) is 0 Å². The zero-order valence-corrected chi connectivity index (χ0v) is 8.36. The van der Waals surface area contributed by atoms with Crippen molar-refractivity contribution < 1.29 is 14.3 Å². The van der Waals surface area contributed by atoms with Crippen LogP contribution < -0.4 is 0 Å². The smallest absolute Gasteiger partial charge is 0.338 e. The van der Waals surface area contributed by atoms with E-state index in [1.165, 1.54) is 0 Å². The summed E-state index contributed by atoms with van der Waals surface area (Å²) in [7, 11) is 0. The molecule has 1 aromatic rings. The molecule has 1 aliphatic heterocycles. The Kier molecular flexibility index (Phi) is 1.99. The van der Waals surface area contributed by atoms with Crippen molar-refractivity contribution in [3.63, 3.8) is 0 Å². The fraction of sp³-hybridized carbons (Fsp3) is 0.417. The quantitative estimate of drug-likeness (QED) is 0.691. The lowest BCUT2D eigenvalue weighted by molar-refractivity contribution is 0.0468. The lowest BCUT2D eigenvalue weighted by Crippen LogP contribution is -2.09. The third-order valence-corrected chi connectivity index (χ3v) is 2.79. The molecule has 3 nitrogen and oxygen atoms in total. The summed E-state index contributed by atoms with van der Waals surface area (Å²) in [5.41, 5.74) is 2.79. The van der Waals surface area contributed by atoms with E-state index in [9.17, 15) is 4.79 Å². The van der Waals surface area contributed by atoms with Gasteiger partial charge in [-0.15, -0.1) is 0 Å². The van der Waals surface area contributed by atoms with Crippen LogP contribution in [0.5, 0.6) is 0 Å². The minimum absolute atomic E-state index is 0.163. The Morgan fingerprint density at radius 1 is 1.33 bits per heavy atom. The van der Waals surface area contributed by atoms with Gasteiger partial charge in [0.05, 0.1) is 18.8 Å².